The molecule has 11 nitrogen and oxygen atoms in total. The van der Waals surface area contributed by atoms with Gasteiger partial charge >= 0.3 is 17.1 Å². The van der Waals surface area contributed by atoms with Crippen LogP contribution in [0.3, 0.4) is 0 Å². The maximum atomic E-state index is 10.4. The normalized spacial score (nSPS) is 21.9. The van der Waals surface area contributed by atoms with Gasteiger partial charge in [-0.05, 0) is 52.1 Å². The molecular formula is C27H60N4O7Si2. The number of likely N-dealkylation sites (N-methyl/N-ethyl adjacent to an activating group) is 2. The molecule has 2 aliphatic heterocycles. The highest BCUT2D eigenvalue weighted by molar-refractivity contribution is 6.66. The molecule has 2 aliphatic rings. The van der Waals surface area contributed by atoms with E-state index in [1.54, 1.807) is 21.3 Å². The van der Waals surface area contributed by atoms with Crippen molar-refractivity contribution in [1.82, 2.24) is 19.6 Å². The van der Waals surface area contributed by atoms with Crippen LogP contribution in [0, 0.1) is 0 Å². The van der Waals surface area contributed by atoms with E-state index in [0.29, 0.717) is 33.0 Å². The largest absolute Gasteiger partial charge is 0.398 e. The van der Waals surface area contributed by atoms with Crippen molar-refractivity contribution in [3.8, 4) is 0 Å². The molecule has 2 rings (SSSR count). The number of nitrogens with zero attached hydrogens (tertiary/aromatic N) is 4. The van der Waals surface area contributed by atoms with Crippen LogP contribution in [-0.2, 0) is 27.2 Å². The van der Waals surface area contributed by atoms with Crippen LogP contribution >= 0.6 is 0 Å². The average Bonchev–Trinajstić information content (AvgIpc) is 2.95. The van der Waals surface area contributed by atoms with Crippen LogP contribution in [0.4, 0.5) is 0 Å². The Morgan fingerprint density at radius 2 is 1.10 bits per heavy atom. The Labute approximate surface area is 246 Å². The minimum absolute atomic E-state index is 0.0418. The summed E-state index contributed by atoms with van der Waals surface area (Å²) in [7, 11) is 5.05. The van der Waals surface area contributed by atoms with Crippen molar-refractivity contribution in [2.45, 2.75) is 50.2 Å². The smallest absolute Gasteiger partial charge is 0.335 e. The van der Waals surface area contributed by atoms with Gasteiger partial charge in [-0.15, -0.1) is 0 Å². The first-order valence-electron chi connectivity index (χ1n) is 15.1. The summed E-state index contributed by atoms with van der Waals surface area (Å²) in [5.41, 5.74) is 0. The molecule has 0 saturated carbocycles. The first-order valence-corrected chi connectivity index (χ1v) is 20.1. The average molecular weight is 609 g/mol. The number of ether oxygens (including phenoxy) is 2. The molecule has 0 amide bonds. The van der Waals surface area contributed by atoms with Crippen LogP contribution in [0.5, 0.6) is 0 Å². The summed E-state index contributed by atoms with van der Waals surface area (Å²) in [5, 5.41) is 10.4. The van der Waals surface area contributed by atoms with E-state index < -0.39 is 23.2 Å². The Morgan fingerprint density at radius 1 is 0.650 bits per heavy atom. The highest BCUT2D eigenvalue weighted by atomic mass is 28.4. The molecule has 0 aromatic heterocycles. The minimum atomic E-state index is -2.42. The molecular weight excluding hydrogens is 548 g/mol. The molecule has 0 aromatic rings. The van der Waals surface area contributed by atoms with Crippen molar-refractivity contribution in [2.24, 2.45) is 0 Å². The van der Waals surface area contributed by atoms with Crippen molar-refractivity contribution >= 4 is 17.1 Å². The van der Waals surface area contributed by atoms with E-state index in [-0.39, 0.29) is 6.10 Å². The second kappa shape index (κ2) is 19.3. The van der Waals surface area contributed by atoms with Gasteiger partial charge in [-0.3, -0.25) is 9.80 Å². The number of β-amino-alcohol motifs (C(OH)–C–C–N with tert-alkyl or cyclic N) is 1. The molecule has 13 heteroatoms. The summed E-state index contributed by atoms with van der Waals surface area (Å²) in [4.78, 5) is 9.48. The van der Waals surface area contributed by atoms with Crippen molar-refractivity contribution < 1.29 is 32.3 Å². The van der Waals surface area contributed by atoms with E-state index >= 15 is 0 Å². The Balaban J connectivity index is 1.76. The summed E-state index contributed by atoms with van der Waals surface area (Å²) in [5.74, 6) is 0. The predicted molar refractivity (Wildman–Crippen MR) is 164 cm³/mol. The molecule has 0 aromatic carbocycles. The Morgan fingerprint density at radius 3 is 1.60 bits per heavy atom. The van der Waals surface area contributed by atoms with Crippen molar-refractivity contribution in [1.29, 1.82) is 0 Å². The second-order valence-electron chi connectivity index (χ2n) is 11.8. The van der Waals surface area contributed by atoms with Crippen LogP contribution in [0.1, 0.15) is 12.8 Å². The zero-order chi connectivity index (χ0) is 29.4. The van der Waals surface area contributed by atoms with Crippen LogP contribution < -0.4 is 0 Å². The zero-order valence-electron chi connectivity index (χ0n) is 26.6. The van der Waals surface area contributed by atoms with Crippen LogP contribution in [0.2, 0.25) is 25.2 Å². The lowest BCUT2D eigenvalue weighted by Gasteiger charge is -2.37. The quantitative estimate of drug-likeness (QED) is 0.150. The van der Waals surface area contributed by atoms with Crippen LogP contribution in [0.25, 0.3) is 0 Å². The number of rotatable bonds is 21. The molecule has 0 radical (unpaired) electrons. The molecule has 2 fully saturated rings. The molecule has 1 N–H and O–H groups in total. The maximum absolute atomic E-state index is 10.4. The van der Waals surface area contributed by atoms with Gasteiger partial charge in [0.1, 0.15) is 0 Å². The van der Waals surface area contributed by atoms with Crippen molar-refractivity contribution in [3.05, 3.63) is 0 Å². The van der Waals surface area contributed by atoms with Crippen molar-refractivity contribution in [2.75, 3.05) is 127 Å². The Bertz CT molecular complexity index is 654. The van der Waals surface area contributed by atoms with Crippen LogP contribution in [-0.4, -0.2) is 181 Å². The fourth-order valence-corrected chi connectivity index (χ4v) is 8.51. The van der Waals surface area contributed by atoms with E-state index in [9.17, 15) is 5.11 Å². The lowest BCUT2D eigenvalue weighted by molar-refractivity contribution is 0.000918. The highest BCUT2D eigenvalue weighted by Gasteiger charge is 2.34. The van der Waals surface area contributed by atoms with Gasteiger partial charge in [0.25, 0.3) is 0 Å². The SMILES string of the molecule is CO[Si](C)(CCCOCC(CN1CCN(C)CC1)O[Si](C)(CCCOCC(O)CN1CCN(C)CC1)OC)OC. The van der Waals surface area contributed by atoms with E-state index in [1.165, 1.54) is 0 Å². The molecule has 3 unspecified atom stereocenters. The Hall–Kier alpha value is -0.00623. The van der Waals surface area contributed by atoms with Gasteiger partial charge in [0.05, 0.1) is 25.4 Å². The fourth-order valence-electron chi connectivity index (χ4n) is 5.10. The number of hydrogen-bond acceptors (Lipinski definition) is 11. The van der Waals surface area contributed by atoms with Gasteiger partial charge in [0, 0.05) is 100.0 Å². The summed E-state index contributed by atoms with van der Waals surface area (Å²) in [6.45, 7) is 16.2. The third kappa shape index (κ3) is 14.4. The minimum Gasteiger partial charge on any atom is -0.398 e. The molecule has 2 heterocycles. The van der Waals surface area contributed by atoms with Gasteiger partial charge in [0.15, 0.2) is 0 Å². The van der Waals surface area contributed by atoms with Gasteiger partial charge in [-0.2, -0.15) is 0 Å². The molecule has 0 bridgehead atoms. The zero-order valence-corrected chi connectivity index (χ0v) is 28.6. The third-order valence-corrected chi connectivity index (χ3v) is 14.2. The van der Waals surface area contributed by atoms with Crippen molar-refractivity contribution in [3.63, 3.8) is 0 Å². The lowest BCUT2D eigenvalue weighted by Crippen LogP contribution is -2.51. The molecule has 238 valence electrons. The fraction of sp³-hybridized carbons (Fsp3) is 1.00. The summed E-state index contributed by atoms with van der Waals surface area (Å²) in [6.07, 6.45) is 1.25. The monoisotopic (exact) mass is 608 g/mol. The van der Waals surface area contributed by atoms with E-state index in [2.05, 4.69) is 46.8 Å². The first-order chi connectivity index (χ1) is 19.1. The number of piperazine rings is 2. The van der Waals surface area contributed by atoms with Crippen LogP contribution in [0.15, 0.2) is 0 Å². The number of aliphatic hydroxyl groups excluding tert-OH is 1. The topological polar surface area (TPSA) is 88.6 Å². The molecule has 3 atom stereocenters. The lowest BCUT2D eigenvalue weighted by atomic mass is 10.3. The maximum Gasteiger partial charge on any atom is 0.335 e. The third-order valence-electron chi connectivity index (χ3n) is 8.29. The van der Waals surface area contributed by atoms with E-state index in [1.807, 2.05) is 0 Å². The Kier molecular flexibility index (Phi) is 17.5. The second-order valence-corrected chi connectivity index (χ2v) is 18.8. The molecule has 2 saturated heterocycles. The summed E-state index contributed by atoms with van der Waals surface area (Å²) >= 11 is 0. The first kappa shape index (κ1) is 36.2. The van der Waals surface area contributed by atoms with Gasteiger partial charge < -0.3 is 42.1 Å². The van der Waals surface area contributed by atoms with Gasteiger partial charge in [-0.25, -0.2) is 0 Å². The van der Waals surface area contributed by atoms with E-state index in [4.69, 9.17) is 27.2 Å². The molecule has 40 heavy (non-hydrogen) atoms. The number of aliphatic hydroxyl groups is 1. The van der Waals surface area contributed by atoms with Gasteiger partial charge in [0.2, 0.25) is 0 Å². The van der Waals surface area contributed by atoms with E-state index in [0.717, 1.165) is 83.8 Å². The van der Waals surface area contributed by atoms with Gasteiger partial charge in [-0.1, -0.05) is 0 Å². The predicted octanol–water partition coefficient (Wildman–Crippen LogP) is 1.12. The molecule has 0 aliphatic carbocycles. The molecule has 0 spiro atoms. The number of hydrogen-bond donors (Lipinski definition) is 1. The summed E-state index contributed by atoms with van der Waals surface area (Å²) in [6, 6.07) is 1.74. The highest BCUT2D eigenvalue weighted by Crippen LogP contribution is 2.19. The standard InChI is InChI=1S/C27H60N4O7Si2/c1-28-10-14-30(15-11-28)22-26(32)24-36-18-9-21-40(7,35-5)38-27(23-31-16-12-29(2)13-17-31)25-37-19-8-20-39(6,33-3)34-4/h26-27,32H,8-25H2,1-7H3. The summed E-state index contributed by atoms with van der Waals surface area (Å²) < 4.78 is 35.9.